The average molecular weight is 223 g/mol. The summed E-state index contributed by atoms with van der Waals surface area (Å²) in [6.45, 7) is 2.17. The van der Waals surface area contributed by atoms with Crippen molar-refractivity contribution in [1.29, 1.82) is 0 Å². The topological polar surface area (TPSA) is 50.7 Å². The van der Waals surface area contributed by atoms with Crippen molar-refractivity contribution in [3.63, 3.8) is 0 Å². The number of aliphatic hydroxyl groups excluding tert-OH is 1. The molecule has 2 N–H and O–H groups in total. The molecule has 2 unspecified atom stereocenters. The summed E-state index contributed by atoms with van der Waals surface area (Å²) in [4.78, 5) is 0. The van der Waals surface area contributed by atoms with E-state index in [2.05, 4.69) is 5.32 Å². The Hall–Kier alpha value is -1.10. The van der Waals surface area contributed by atoms with Crippen molar-refractivity contribution in [3.05, 3.63) is 29.8 Å². The minimum atomic E-state index is -0.608. The number of aliphatic hydroxyl groups is 1. The van der Waals surface area contributed by atoms with Gasteiger partial charge in [0.15, 0.2) is 0 Å². The van der Waals surface area contributed by atoms with Gasteiger partial charge in [0.05, 0.1) is 19.8 Å². The zero-order valence-corrected chi connectivity index (χ0v) is 9.35. The third kappa shape index (κ3) is 2.52. The van der Waals surface area contributed by atoms with Crippen LogP contribution in [0.4, 0.5) is 0 Å². The predicted molar refractivity (Wildman–Crippen MR) is 60.6 cm³/mol. The van der Waals surface area contributed by atoms with Gasteiger partial charge in [0.1, 0.15) is 11.9 Å². The number of morpholine rings is 1. The van der Waals surface area contributed by atoms with E-state index in [1.165, 1.54) is 0 Å². The molecule has 0 aromatic heterocycles. The fraction of sp³-hybridized carbons (Fsp3) is 0.500. The fourth-order valence-corrected chi connectivity index (χ4v) is 1.83. The van der Waals surface area contributed by atoms with Crippen molar-refractivity contribution in [2.75, 3.05) is 26.8 Å². The van der Waals surface area contributed by atoms with Crippen LogP contribution in [0.1, 0.15) is 11.7 Å². The van der Waals surface area contributed by atoms with Crippen LogP contribution in [0, 0.1) is 0 Å². The van der Waals surface area contributed by atoms with Gasteiger partial charge in [-0.25, -0.2) is 0 Å². The van der Waals surface area contributed by atoms with Gasteiger partial charge in [-0.2, -0.15) is 0 Å². The molecule has 0 bridgehead atoms. The third-order valence-corrected chi connectivity index (χ3v) is 2.74. The molecule has 1 heterocycles. The summed E-state index contributed by atoms with van der Waals surface area (Å²) in [5.41, 5.74) is 0.827. The highest BCUT2D eigenvalue weighted by Crippen LogP contribution is 2.23. The molecule has 1 aromatic carbocycles. The van der Waals surface area contributed by atoms with Crippen LogP contribution in [-0.4, -0.2) is 38.0 Å². The van der Waals surface area contributed by atoms with Gasteiger partial charge in [-0.15, -0.1) is 0 Å². The van der Waals surface area contributed by atoms with Gasteiger partial charge in [0, 0.05) is 13.1 Å². The Labute approximate surface area is 95.2 Å². The van der Waals surface area contributed by atoms with E-state index in [-0.39, 0.29) is 6.10 Å². The first-order valence-electron chi connectivity index (χ1n) is 5.45. The standard InChI is InChI=1S/C12H17NO3/c1-15-10-4-2-3-9(7-10)12(14)11-8-13-5-6-16-11/h2-4,7,11-14H,5-6,8H2,1H3. The van der Waals surface area contributed by atoms with Crippen LogP contribution in [0.5, 0.6) is 5.75 Å². The molecule has 4 heteroatoms. The molecule has 1 fully saturated rings. The lowest BCUT2D eigenvalue weighted by Gasteiger charge is -2.28. The molecule has 1 aliphatic heterocycles. The Bertz CT molecular complexity index is 337. The SMILES string of the molecule is COc1cccc(C(O)C2CNCCO2)c1. The lowest BCUT2D eigenvalue weighted by molar-refractivity contribution is -0.0536. The Kier molecular flexibility index (Phi) is 3.77. The smallest absolute Gasteiger partial charge is 0.119 e. The second kappa shape index (κ2) is 5.30. The number of hydrogen-bond acceptors (Lipinski definition) is 4. The van der Waals surface area contributed by atoms with Gasteiger partial charge in [-0.05, 0) is 17.7 Å². The number of methoxy groups -OCH3 is 1. The zero-order chi connectivity index (χ0) is 11.4. The highest BCUT2D eigenvalue weighted by atomic mass is 16.5. The highest BCUT2D eigenvalue weighted by molar-refractivity contribution is 5.30. The number of rotatable bonds is 3. The summed E-state index contributed by atoms with van der Waals surface area (Å²) in [5.74, 6) is 0.750. The molecule has 16 heavy (non-hydrogen) atoms. The number of nitrogens with one attached hydrogen (secondary N) is 1. The lowest BCUT2D eigenvalue weighted by atomic mass is 10.0. The minimum Gasteiger partial charge on any atom is -0.497 e. The average Bonchev–Trinajstić information content (AvgIpc) is 2.39. The highest BCUT2D eigenvalue weighted by Gasteiger charge is 2.23. The first-order valence-corrected chi connectivity index (χ1v) is 5.45. The first kappa shape index (κ1) is 11.4. The van der Waals surface area contributed by atoms with Gasteiger partial charge in [0.2, 0.25) is 0 Å². The number of hydrogen-bond donors (Lipinski definition) is 2. The van der Waals surface area contributed by atoms with E-state index >= 15 is 0 Å². The predicted octanol–water partition coefficient (Wildman–Crippen LogP) is 0.717. The van der Waals surface area contributed by atoms with Gasteiger partial charge in [-0.3, -0.25) is 0 Å². The lowest BCUT2D eigenvalue weighted by Crippen LogP contribution is -2.41. The van der Waals surface area contributed by atoms with Crippen LogP contribution >= 0.6 is 0 Å². The molecule has 2 atom stereocenters. The van der Waals surface area contributed by atoms with Crippen LogP contribution in [0.3, 0.4) is 0 Å². The molecule has 1 aliphatic rings. The molecule has 0 radical (unpaired) electrons. The van der Waals surface area contributed by atoms with Gasteiger partial charge in [-0.1, -0.05) is 12.1 Å². The summed E-state index contributed by atoms with van der Waals surface area (Å²) in [7, 11) is 1.62. The normalized spacial score (nSPS) is 22.8. The van der Waals surface area contributed by atoms with Crippen LogP contribution in [0.2, 0.25) is 0 Å². The van der Waals surface area contributed by atoms with Crippen LogP contribution in [-0.2, 0) is 4.74 Å². The maximum absolute atomic E-state index is 10.1. The van der Waals surface area contributed by atoms with Crippen molar-refractivity contribution in [3.8, 4) is 5.75 Å². The Balaban J connectivity index is 2.09. The van der Waals surface area contributed by atoms with Crippen molar-refractivity contribution < 1.29 is 14.6 Å². The largest absolute Gasteiger partial charge is 0.497 e. The van der Waals surface area contributed by atoms with Gasteiger partial charge < -0.3 is 19.9 Å². The molecule has 0 amide bonds. The summed E-state index contributed by atoms with van der Waals surface area (Å²) < 4.78 is 10.6. The van der Waals surface area contributed by atoms with Crippen molar-refractivity contribution in [2.45, 2.75) is 12.2 Å². The molecular weight excluding hydrogens is 206 g/mol. The van der Waals surface area contributed by atoms with Crippen LogP contribution < -0.4 is 10.1 Å². The van der Waals surface area contributed by atoms with Crippen molar-refractivity contribution in [2.24, 2.45) is 0 Å². The molecule has 88 valence electrons. The second-order valence-corrected chi connectivity index (χ2v) is 3.83. The minimum absolute atomic E-state index is 0.180. The van der Waals surface area contributed by atoms with E-state index < -0.39 is 6.10 Å². The van der Waals surface area contributed by atoms with Crippen molar-refractivity contribution in [1.82, 2.24) is 5.32 Å². The van der Waals surface area contributed by atoms with Crippen LogP contribution in [0.25, 0.3) is 0 Å². The van der Waals surface area contributed by atoms with Crippen LogP contribution in [0.15, 0.2) is 24.3 Å². The monoisotopic (exact) mass is 223 g/mol. The molecular formula is C12H17NO3. The summed E-state index contributed by atoms with van der Waals surface area (Å²) in [6.07, 6.45) is -0.788. The van der Waals surface area contributed by atoms with E-state index in [1.807, 2.05) is 24.3 Å². The second-order valence-electron chi connectivity index (χ2n) is 3.83. The summed E-state index contributed by atoms with van der Waals surface area (Å²) in [5, 5.41) is 13.3. The molecule has 1 aromatic rings. The van der Waals surface area contributed by atoms with E-state index in [0.29, 0.717) is 13.2 Å². The van der Waals surface area contributed by atoms with E-state index in [4.69, 9.17) is 9.47 Å². The van der Waals surface area contributed by atoms with Crippen molar-refractivity contribution >= 4 is 0 Å². The summed E-state index contributed by atoms with van der Waals surface area (Å²) >= 11 is 0. The molecule has 0 aliphatic carbocycles. The van der Waals surface area contributed by atoms with Gasteiger partial charge >= 0.3 is 0 Å². The van der Waals surface area contributed by atoms with E-state index in [9.17, 15) is 5.11 Å². The Morgan fingerprint density at radius 2 is 2.44 bits per heavy atom. The third-order valence-electron chi connectivity index (χ3n) is 2.74. The molecule has 0 saturated carbocycles. The molecule has 0 spiro atoms. The zero-order valence-electron chi connectivity index (χ0n) is 9.35. The Morgan fingerprint density at radius 1 is 1.56 bits per heavy atom. The number of ether oxygens (including phenoxy) is 2. The Morgan fingerprint density at radius 3 is 3.12 bits per heavy atom. The molecule has 4 nitrogen and oxygen atoms in total. The number of benzene rings is 1. The quantitative estimate of drug-likeness (QED) is 0.792. The fourth-order valence-electron chi connectivity index (χ4n) is 1.83. The first-order chi connectivity index (χ1) is 7.81. The van der Waals surface area contributed by atoms with Gasteiger partial charge in [0.25, 0.3) is 0 Å². The van der Waals surface area contributed by atoms with E-state index in [1.54, 1.807) is 7.11 Å². The molecule has 2 rings (SSSR count). The molecule has 1 saturated heterocycles. The summed E-state index contributed by atoms with van der Waals surface area (Å²) in [6, 6.07) is 7.44. The maximum atomic E-state index is 10.1. The van der Waals surface area contributed by atoms with E-state index in [0.717, 1.165) is 17.9 Å². The maximum Gasteiger partial charge on any atom is 0.119 e.